The largest absolute Gasteiger partial charge is 0.352 e. The molecule has 18 heavy (non-hydrogen) atoms. The lowest BCUT2D eigenvalue weighted by molar-refractivity contribution is 0.0941. The molecule has 0 aliphatic heterocycles. The molecule has 5 heteroatoms. The smallest absolute Gasteiger partial charge is 0.253 e. The van der Waals surface area contributed by atoms with Gasteiger partial charge in [-0.3, -0.25) is 4.79 Å². The highest BCUT2D eigenvalue weighted by Crippen LogP contribution is 2.25. The highest BCUT2D eigenvalue weighted by Gasteiger charge is 2.19. The number of fused-ring (bicyclic) bond motifs is 1. The average molecular weight is 308 g/mol. The Morgan fingerprint density at radius 3 is 3.11 bits per heavy atom. The van der Waals surface area contributed by atoms with E-state index in [1.165, 1.54) is 19.3 Å². The monoisotopic (exact) mass is 307 g/mol. The quantitative estimate of drug-likeness (QED) is 0.916. The Balaban J connectivity index is 1.79. The van der Waals surface area contributed by atoms with Crippen molar-refractivity contribution in [3.8, 4) is 0 Å². The molecule has 1 fully saturated rings. The molecule has 0 unspecified atom stereocenters. The van der Waals surface area contributed by atoms with Gasteiger partial charge in [0.1, 0.15) is 5.65 Å². The summed E-state index contributed by atoms with van der Waals surface area (Å²) in [5, 5.41) is 3.85. The standard InChI is InChI=1S/C13H14BrN3O/c14-9-4-10-11(7-16-12(10)15-6-9)13(18)17-5-8-2-1-3-8/h4,6-8H,1-3,5H2,(H,15,16)(H,17,18). The van der Waals surface area contributed by atoms with E-state index in [0.717, 1.165) is 22.1 Å². The van der Waals surface area contributed by atoms with Crippen LogP contribution in [0.15, 0.2) is 22.9 Å². The number of aromatic nitrogens is 2. The van der Waals surface area contributed by atoms with Gasteiger partial charge in [-0.1, -0.05) is 6.42 Å². The van der Waals surface area contributed by atoms with Crippen molar-refractivity contribution >= 4 is 32.9 Å². The van der Waals surface area contributed by atoms with Gasteiger partial charge in [0.15, 0.2) is 0 Å². The molecular formula is C13H14BrN3O. The van der Waals surface area contributed by atoms with Gasteiger partial charge in [-0.05, 0) is 40.8 Å². The van der Waals surface area contributed by atoms with Gasteiger partial charge in [-0.2, -0.15) is 0 Å². The number of pyridine rings is 1. The van der Waals surface area contributed by atoms with Crippen LogP contribution in [0.1, 0.15) is 29.6 Å². The second-order valence-corrected chi connectivity index (χ2v) is 5.67. The predicted molar refractivity (Wildman–Crippen MR) is 73.5 cm³/mol. The van der Waals surface area contributed by atoms with E-state index in [1.54, 1.807) is 12.4 Å². The third kappa shape index (κ3) is 2.14. The molecule has 94 valence electrons. The SMILES string of the molecule is O=C(NCC1CCC1)c1c[nH]c2ncc(Br)cc12. The first-order valence-electron chi connectivity index (χ1n) is 6.15. The average Bonchev–Trinajstić information content (AvgIpc) is 2.69. The van der Waals surface area contributed by atoms with Crippen LogP contribution in [-0.4, -0.2) is 22.4 Å². The molecule has 0 spiro atoms. The van der Waals surface area contributed by atoms with E-state index in [0.29, 0.717) is 11.5 Å². The maximum atomic E-state index is 12.1. The van der Waals surface area contributed by atoms with Gasteiger partial charge in [0.25, 0.3) is 5.91 Å². The molecule has 0 aromatic carbocycles. The minimum absolute atomic E-state index is 0.0203. The van der Waals surface area contributed by atoms with Crippen LogP contribution in [0.4, 0.5) is 0 Å². The molecule has 2 aromatic rings. The van der Waals surface area contributed by atoms with E-state index in [2.05, 4.69) is 31.2 Å². The van der Waals surface area contributed by atoms with Gasteiger partial charge in [0, 0.05) is 28.8 Å². The second kappa shape index (κ2) is 4.72. The highest BCUT2D eigenvalue weighted by atomic mass is 79.9. The second-order valence-electron chi connectivity index (χ2n) is 4.76. The molecule has 1 aliphatic rings. The van der Waals surface area contributed by atoms with Gasteiger partial charge < -0.3 is 10.3 Å². The van der Waals surface area contributed by atoms with Crippen LogP contribution in [0.3, 0.4) is 0 Å². The fourth-order valence-corrected chi connectivity index (χ4v) is 2.53. The molecule has 2 aromatic heterocycles. The van der Waals surface area contributed by atoms with Gasteiger partial charge in [-0.25, -0.2) is 4.98 Å². The summed E-state index contributed by atoms with van der Waals surface area (Å²) in [7, 11) is 0. The summed E-state index contributed by atoms with van der Waals surface area (Å²) < 4.78 is 0.877. The number of rotatable bonds is 3. The maximum absolute atomic E-state index is 12.1. The Kier molecular flexibility index (Phi) is 3.07. The summed E-state index contributed by atoms with van der Waals surface area (Å²) in [6.45, 7) is 0.785. The fourth-order valence-electron chi connectivity index (χ4n) is 2.19. The number of nitrogens with one attached hydrogen (secondary N) is 2. The molecule has 1 amide bonds. The van der Waals surface area contributed by atoms with Crippen molar-refractivity contribution < 1.29 is 4.79 Å². The molecule has 0 radical (unpaired) electrons. The summed E-state index contributed by atoms with van der Waals surface area (Å²) in [5.74, 6) is 0.650. The summed E-state index contributed by atoms with van der Waals surface area (Å²) in [5.41, 5.74) is 1.41. The number of aromatic amines is 1. The minimum Gasteiger partial charge on any atom is -0.352 e. The number of carbonyl (C=O) groups is 1. The molecule has 0 saturated heterocycles. The van der Waals surface area contributed by atoms with E-state index in [9.17, 15) is 4.79 Å². The van der Waals surface area contributed by atoms with Crippen LogP contribution in [0.5, 0.6) is 0 Å². The van der Waals surface area contributed by atoms with Crippen LogP contribution in [0, 0.1) is 5.92 Å². The summed E-state index contributed by atoms with van der Waals surface area (Å²) >= 11 is 3.37. The van der Waals surface area contributed by atoms with Crippen LogP contribution in [0.25, 0.3) is 11.0 Å². The molecular weight excluding hydrogens is 294 g/mol. The number of H-pyrrole nitrogens is 1. The Morgan fingerprint density at radius 1 is 1.56 bits per heavy atom. The van der Waals surface area contributed by atoms with E-state index >= 15 is 0 Å². The zero-order valence-electron chi connectivity index (χ0n) is 9.87. The number of hydrogen-bond donors (Lipinski definition) is 2. The Hall–Kier alpha value is -1.36. The molecule has 2 heterocycles. The van der Waals surface area contributed by atoms with Gasteiger partial charge in [0.2, 0.25) is 0 Å². The maximum Gasteiger partial charge on any atom is 0.253 e. The zero-order valence-corrected chi connectivity index (χ0v) is 11.5. The van der Waals surface area contributed by atoms with Crippen molar-refractivity contribution in [1.29, 1.82) is 0 Å². The molecule has 2 N–H and O–H groups in total. The Labute approximate surface area is 113 Å². The third-order valence-electron chi connectivity index (χ3n) is 3.52. The number of hydrogen-bond acceptors (Lipinski definition) is 2. The lowest BCUT2D eigenvalue weighted by Crippen LogP contribution is -2.32. The van der Waals surface area contributed by atoms with Crippen molar-refractivity contribution in [2.75, 3.05) is 6.54 Å². The topological polar surface area (TPSA) is 57.8 Å². The van der Waals surface area contributed by atoms with Crippen molar-refractivity contribution in [1.82, 2.24) is 15.3 Å². The summed E-state index contributed by atoms with van der Waals surface area (Å²) in [6, 6.07) is 1.91. The normalized spacial score (nSPS) is 15.6. The first-order chi connectivity index (χ1) is 8.74. The van der Waals surface area contributed by atoms with Crippen LogP contribution < -0.4 is 5.32 Å². The van der Waals surface area contributed by atoms with Crippen molar-refractivity contribution in [2.45, 2.75) is 19.3 Å². The number of carbonyl (C=O) groups excluding carboxylic acids is 1. The van der Waals surface area contributed by atoms with Crippen LogP contribution in [0.2, 0.25) is 0 Å². The van der Waals surface area contributed by atoms with Crippen LogP contribution in [-0.2, 0) is 0 Å². The van der Waals surface area contributed by atoms with Gasteiger partial charge in [-0.15, -0.1) is 0 Å². The van der Waals surface area contributed by atoms with Crippen molar-refractivity contribution in [2.24, 2.45) is 5.92 Å². The number of nitrogens with zero attached hydrogens (tertiary/aromatic N) is 1. The fraction of sp³-hybridized carbons (Fsp3) is 0.385. The third-order valence-corrected chi connectivity index (χ3v) is 3.95. The summed E-state index contributed by atoms with van der Waals surface area (Å²) in [6.07, 6.45) is 7.21. The lowest BCUT2D eigenvalue weighted by atomic mass is 9.85. The highest BCUT2D eigenvalue weighted by molar-refractivity contribution is 9.10. The van der Waals surface area contributed by atoms with Gasteiger partial charge >= 0.3 is 0 Å². The number of halogens is 1. The predicted octanol–water partition coefficient (Wildman–Crippen LogP) is 2.86. The van der Waals surface area contributed by atoms with Crippen LogP contribution >= 0.6 is 15.9 Å². The molecule has 3 rings (SSSR count). The number of amides is 1. The first kappa shape index (κ1) is 11.7. The van der Waals surface area contributed by atoms with E-state index in [1.807, 2.05) is 6.07 Å². The lowest BCUT2D eigenvalue weighted by Gasteiger charge is -2.25. The molecule has 0 bridgehead atoms. The first-order valence-corrected chi connectivity index (χ1v) is 6.94. The molecule has 1 saturated carbocycles. The molecule has 0 atom stereocenters. The minimum atomic E-state index is -0.0203. The summed E-state index contributed by atoms with van der Waals surface area (Å²) in [4.78, 5) is 19.3. The Morgan fingerprint density at radius 2 is 2.39 bits per heavy atom. The Bertz CT molecular complexity index is 589. The molecule has 1 aliphatic carbocycles. The van der Waals surface area contributed by atoms with E-state index in [4.69, 9.17) is 0 Å². The van der Waals surface area contributed by atoms with Crippen molar-refractivity contribution in [3.63, 3.8) is 0 Å². The van der Waals surface area contributed by atoms with E-state index in [-0.39, 0.29) is 5.91 Å². The van der Waals surface area contributed by atoms with Crippen molar-refractivity contribution in [3.05, 3.63) is 28.5 Å². The van der Waals surface area contributed by atoms with E-state index < -0.39 is 0 Å². The zero-order chi connectivity index (χ0) is 12.5. The molecule has 4 nitrogen and oxygen atoms in total. The van der Waals surface area contributed by atoms with Gasteiger partial charge in [0.05, 0.1) is 5.56 Å².